The molecule has 2 aromatic carbocycles. The molecule has 0 amide bonds. The first-order valence-corrected chi connectivity index (χ1v) is 9.12. The topological polar surface area (TPSA) is 85.6 Å². The Morgan fingerprint density at radius 2 is 1.75 bits per heavy atom. The number of hydrogen-bond acceptors (Lipinski definition) is 4. The molecular formula is C22H21NO5. The molecule has 0 saturated heterocycles. The highest BCUT2D eigenvalue weighted by Crippen LogP contribution is 2.29. The van der Waals surface area contributed by atoms with Gasteiger partial charge in [0.05, 0.1) is 24.2 Å². The first kappa shape index (κ1) is 19.4. The largest absolute Gasteiger partial charge is 0.481 e. The zero-order valence-corrected chi connectivity index (χ0v) is 15.8. The number of rotatable bonds is 6. The van der Waals surface area contributed by atoms with Crippen molar-refractivity contribution in [3.63, 3.8) is 0 Å². The van der Waals surface area contributed by atoms with Crippen molar-refractivity contribution in [2.24, 2.45) is 0 Å². The molecule has 1 aromatic heterocycles. The Balaban J connectivity index is 2.51. The summed E-state index contributed by atoms with van der Waals surface area (Å²) >= 11 is 0. The second-order valence-electron chi connectivity index (χ2n) is 6.27. The summed E-state index contributed by atoms with van der Waals surface area (Å²) in [6, 6.07) is 14.1. The van der Waals surface area contributed by atoms with Gasteiger partial charge >= 0.3 is 11.9 Å². The number of carbonyl (C=O) groups is 2. The monoisotopic (exact) mass is 379 g/mol. The lowest BCUT2D eigenvalue weighted by atomic mass is 9.98. The SMILES string of the molecule is CCOC(=O)c1c(-c2ccccc2)n(CC)c2c(CC(=O)O)cccc2c1=O. The van der Waals surface area contributed by atoms with Crippen LogP contribution in [0.15, 0.2) is 53.3 Å². The van der Waals surface area contributed by atoms with E-state index in [-0.39, 0.29) is 18.6 Å². The highest BCUT2D eigenvalue weighted by Gasteiger charge is 2.25. The van der Waals surface area contributed by atoms with Gasteiger partial charge in [-0.2, -0.15) is 0 Å². The molecule has 1 heterocycles. The van der Waals surface area contributed by atoms with Crippen molar-refractivity contribution in [1.82, 2.24) is 4.57 Å². The van der Waals surface area contributed by atoms with Gasteiger partial charge in [0.2, 0.25) is 5.43 Å². The number of carboxylic acids is 1. The number of aliphatic carboxylic acids is 1. The van der Waals surface area contributed by atoms with Gasteiger partial charge in [0, 0.05) is 11.9 Å². The molecule has 3 aromatic rings. The van der Waals surface area contributed by atoms with Crippen molar-refractivity contribution < 1.29 is 19.4 Å². The summed E-state index contributed by atoms with van der Waals surface area (Å²) < 4.78 is 7.00. The third-order valence-electron chi connectivity index (χ3n) is 4.55. The van der Waals surface area contributed by atoms with Crippen molar-refractivity contribution in [1.29, 1.82) is 0 Å². The Labute approximate surface area is 162 Å². The van der Waals surface area contributed by atoms with Crippen LogP contribution in [0.1, 0.15) is 29.8 Å². The van der Waals surface area contributed by atoms with Crippen LogP contribution in [0.4, 0.5) is 0 Å². The van der Waals surface area contributed by atoms with E-state index in [0.717, 1.165) is 0 Å². The summed E-state index contributed by atoms with van der Waals surface area (Å²) in [5.74, 6) is -1.67. The van der Waals surface area contributed by atoms with E-state index in [1.165, 1.54) is 0 Å². The van der Waals surface area contributed by atoms with Crippen LogP contribution in [0.3, 0.4) is 0 Å². The number of aryl methyl sites for hydroxylation is 1. The zero-order valence-electron chi connectivity index (χ0n) is 15.8. The third kappa shape index (κ3) is 3.41. The molecule has 0 unspecified atom stereocenters. The molecule has 0 saturated carbocycles. The average Bonchev–Trinajstić information content (AvgIpc) is 2.68. The van der Waals surface area contributed by atoms with Crippen LogP contribution in [0.25, 0.3) is 22.2 Å². The van der Waals surface area contributed by atoms with Gasteiger partial charge in [-0.15, -0.1) is 0 Å². The Hall–Kier alpha value is -3.41. The molecule has 0 atom stereocenters. The molecule has 1 N–H and O–H groups in total. The van der Waals surface area contributed by atoms with Gasteiger partial charge in [-0.25, -0.2) is 4.79 Å². The maximum absolute atomic E-state index is 13.3. The number of para-hydroxylation sites is 1. The minimum atomic E-state index is -0.988. The number of nitrogens with zero attached hydrogens (tertiary/aromatic N) is 1. The van der Waals surface area contributed by atoms with Crippen molar-refractivity contribution >= 4 is 22.8 Å². The first-order chi connectivity index (χ1) is 13.5. The van der Waals surface area contributed by atoms with Crippen LogP contribution in [0, 0.1) is 0 Å². The Morgan fingerprint density at radius 1 is 1.04 bits per heavy atom. The molecule has 0 spiro atoms. The van der Waals surface area contributed by atoms with E-state index >= 15 is 0 Å². The summed E-state index contributed by atoms with van der Waals surface area (Å²) in [7, 11) is 0. The fourth-order valence-corrected chi connectivity index (χ4v) is 3.49. The number of aromatic nitrogens is 1. The second-order valence-corrected chi connectivity index (χ2v) is 6.27. The smallest absolute Gasteiger partial charge is 0.344 e. The molecule has 0 radical (unpaired) electrons. The zero-order chi connectivity index (χ0) is 20.3. The summed E-state index contributed by atoms with van der Waals surface area (Å²) in [6.45, 7) is 4.17. The fraction of sp³-hybridized carbons (Fsp3) is 0.227. The van der Waals surface area contributed by atoms with Crippen LogP contribution in [-0.4, -0.2) is 28.2 Å². The third-order valence-corrected chi connectivity index (χ3v) is 4.55. The molecule has 0 aliphatic carbocycles. The highest BCUT2D eigenvalue weighted by molar-refractivity contribution is 6.01. The molecule has 0 aliphatic heterocycles. The second kappa shape index (κ2) is 8.08. The van der Waals surface area contributed by atoms with Gasteiger partial charge in [0.15, 0.2) is 0 Å². The van der Waals surface area contributed by atoms with Crippen LogP contribution >= 0.6 is 0 Å². The van der Waals surface area contributed by atoms with E-state index < -0.39 is 17.4 Å². The Kier molecular flexibility index (Phi) is 5.59. The van der Waals surface area contributed by atoms with Crippen LogP contribution in [-0.2, 0) is 22.5 Å². The number of benzene rings is 2. The molecule has 0 fully saturated rings. The van der Waals surface area contributed by atoms with Crippen LogP contribution in [0.5, 0.6) is 0 Å². The molecule has 0 bridgehead atoms. The molecule has 6 heteroatoms. The quantitative estimate of drug-likeness (QED) is 0.663. The van der Waals surface area contributed by atoms with Gasteiger partial charge < -0.3 is 14.4 Å². The van der Waals surface area contributed by atoms with E-state index in [0.29, 0.717) is 34.3 Å². The summed E-state index contributed by atoms with van der Waals surface area (Å²) in [6.07, 6.45) is -0.218. The number of pyridine rings is 1. The van der Waals surface area contributed by atoms with Crippen molar-refractivity contribution in [2.45, 2.75) is 26.8 Å². The van der Waals surface area contributed by atoms with Gasteiger partial charge in [0.25, 0.3) is 0 Å². The predicted molar refractivity (Wildman–Crippen MR) is 107 cm³/mol. The van der Waals surface area contributed by atoms with Gasteiger partial charge in [-0.05, 0) is 31.0 Å². The van der Waals surface area contributed by atoms with Gasteiger partial charge in [0.1, 0.15) is 5.56 Å². The minimum Gasteiger partial charge on any atom is -0.481 e. The normalized spacial score (nSPS) is 10.8. The van der Waals surface area contributed by atoms with Gasteiger partial charge in [-0.1, -0.05) is 42.5 Å². The lowest BCUT2D eigenvalue weighted by Crippen LogP contribution is -2.24. The predicted octanol–water partition coefficient (Wildman–Crippen LogP) is 3.49. The number of hydrogen-bond donors (Lipinski definition) is 1. The Bertz CT molecular complexity index is 1100. The molecule has 6 nitrogen and oxygen atoms in total. The van der Waals surface area contributed by atoms with Crippen molar-refractivity contribution in [2.75, 3.05) is 6.61 Å². The van der Waals surface area contributed by atoms with Crippen LogP contribution in [0.2, 0.25) is 0 Å². The van der Waals surface area contributed by atoms with Crippen molar-refractivity contribution in [3.05, 3.63) is 69.9 Å². The lowest BCUT2D eigenvalue weighted by Gasteiger charge is -2.20. The molecule has 3 rings (SSSR count). The number of carboxylic acid groups (broad SMARTS) is 1. The van der Waals surface area contributed by atoms with Gasteiger partial charge in [-0.3, -0.25) is 9.59 Å². The van der Waals surface area contributed by atoms with E-state index in [2.05, 4.69) is 0 Å². The van der Waals surface area contributed by atoms with Crippen LogP contribution < -0.4 is 5.43 Å². The maximum atomic E-state index is 13.3. The molecule has 28 heavy (non-hydrogen) atoms. The van der Waals surface area contributed by atoms with Crippen molar-refractivity contribution in [3.8, 4) is 11.3 Å². The highest BCUT2D eigenvalue weighted by atomic mass is 16.5. The van der Waals surface area contributed by atoms with E-state index in [4.69, 9.17) is 4.74 Å². The van der Waals surface area contributed by atoms with E-state index in [9.17, 15) is 19.5 Å². The summed E-state index contributed by atoms with van der Waals surface area (Å²) in [5, 5.41) is 9.61. The summed E-state index contributed by atoms with van der Waals surface area (Å²) in [5.41, 5.74) is 1.70. The standard InChI is InChI=1S/C22H21NO5/c1-3-23-19-15(13-17(24)25)11-8-12-16(19)21(26)18(22(27)28-4-2)20(23)14-9-6-5-7-10-14/h5-12H,3-4,13H2,1-2H3,(H,24,25). The first-order valence-electron chi connectivity index (χ1n) is 9.12. The number of fused-ring (bicyclic) bond motifs is 1. The fourth-order valence-electron chi connectivity index (χ4n) is 3.49. The average molecular weight is 379 g/mol. The Morgan fingerprint density at radius 3 is 2.36 bits per heavy atom. The number of esters is 1. The van der Waals surface area contributed by atoms with E-state index in [1.807, 2.05) is 41.8 Å². The molecular weight excluding hydrogens is 358 g/mol. The maximum Gasteiger partial charge on any atom is 0.344 e. The number of ether oxygens (including phenoxy) is 1. The minimum absolute atomic E-state index is 0.0325. The van der Waals surface area contributed by atoms with E-state index in [1.54, 1.807) is 25.1 Å². The number of carbonyl (C=O) groups excluding carboxylic acids is 1. The molecule has 144 valence electrons. The molecule has 0 aliphatic rings. The summed E-state index contributed by atoms with van der Waals surface area (Å²) in [4.78, 5) is 37.3. The lowest BCUT2D eigenvalue weighted by molar-refractivity contribution is -0.136.